The minimum absolute atomic E-state index is 0.0482. The summed E-state index contributed by atoms with van der Waals surface area (Å²) in [5, 5.41) is 2.85. The number of hydrogen-bond acceptors (Lipinski definition) is 2. The number of hydrogen-bond donors (Lipinski definition) is 1. The Balaban J connectivity index is 2.72. The Kier molecular flexibility index (Phi) is 5.27. The normalized spacial score (nSPS) is 9.76. The number of rotatable bonds is 6. The fourth-order valence-corrected chi connectivity index (χ4v) is 1.57. The lowest BCUT2D eigenvalue weighted by atomic mass is 10.1. The lowest BCUT2D eigenvalue weighted by molar-refractivity contribution is -0.120. The lowest BCUT2D eigenvalue weighted by Gasteiger charge is -2.08. The summed E-state index contributed by atoms with van der Waals surface area (Å²) in [6, 6.07) is 5.69. The summed E-state index contributed by atoms with van der Waals surface area (Å²) in [5.74, 6) is 0.824. The van der Waals surface area contributed by atoms with Crippen molar-refractivity contribution in [3.05, 3.63) is 35.9 Å². The predicted octanol–water partition coefficient (Wildman–Crippen LogP) is 2.41. The zero-order valence-corrected chi connectivity index (χ0v) is 10.5. The van der Waals surface area contributed by atoms with Crippen LogP contribution in [-0.4, -0.2) is 19.6 Å². The third-order valence-corrected chi connectivity index (χ3v) is 2.45. The summed E-state index contributed by atoms with van der Waals surface area (Å²) in [6.45, 7) is 6.49. The van der Waals surface area contributed by atoms with Gasteiger partial charge in [0.2, 0.25) is 5.91 Å². The molecule has 92 valence electrons. The summed E-state index contributed by atoms with van der Waals surface area (Å²) < 4.78 is 5.19. The Morgan fingerprint density at radius 1 is 1.53 bits per heavy atom. The van der Waals surface area contributed by atoms with Gasteiger partial charge in [-0.3, -0.25) is 4.79 Å². The van der Waals surface area contributed by atoms with Crippen molar-refractivity contribution in [2.45, 2.75) is 19.8 Å². The van der Waals surface area contributed by atoms with Gasteiger partial charge >= 0.3 is 0 Å². The van der Waals surface area contributed by atoms with Gasteiger partial charge in [-0.15, -0.1) is 0 Å². The van der Waals surface area contributed by atoms with E-state index in [9.17, 15) is 4.79 Å². The van der Waals surface area contributed by atoms with Gasteiger partial charge in [0.1, 0.15) is 5.75 Å². The molecule has 3 nitrogen and oxygen atoms in total. The molecule has 1 N–H and O–H groups in total. The molecule has 0 aromatic heterocycles. The number of benzene rings is 1. The molecule has 0 aliphatic rings. The standard InChI is InChI=1S/C14H19NO2/c1-4-8-15-14(16)10-11-6-7-13(17-3)12(5-2)9-11/h5-7,9H,2,4,8,10H2,1,3H3,(H,15,16). The minimum Gasteiger partial charge on any atom is -0.496 e. The second-order valence-corrected chi connectivity index (χ2v) is 3.81. The first-order valence-electron chi connectivity index (χ1n) is 5.77. The summed E-state index contributed by atoms with van der Waals surface area (Å²) in [6.07, 6.45) is 3.07. The van der Waals surface area contributed by atoms with E-state index in [-0.39, 0.29) is 5.91 Å². The highest BCUT2D eigenvalue weighted by Gasteiger charge is 2.05. The van der Waals surface area contributed by atoms with Crippen molar-refractivity contribution >= 4 is 12.0 Å². The van der Waals surface area contributed by atoms with Gasteiger partial charge in [-0.25, -0.2) is 0 Å². The molecule has 0 fully saturated rings. The number of nitrogens with one attached hydrogen (secondary N) is 1. The highest BCUT2D eigenvalue weighted by Crippen LogP contribution is 2.21. The van der Waals surface area contributed by atoms with Crippen LogP contribution in [0.4, 0.5) is 0 Å². The van der Waals surface area contributed by atoms with Crippen LogP contribution in [-0.2, 0) is 11.2 Å². The molecule has 1 amide bonds. The maximum absolute atomic E-state index is 11.6. The van der Waals surface area contributed by atoms with E-state index >= 15 is 0 Å². The van der Waals surface area contributed by atoms with Gasteiger partial charge in [0.25, 0.3) is 0 Å². The first-order valence-corrected chi connectivity index (χ1v) is 5.77. The van der Waals surface area contributed by atoms with E-state index in [1.54, 1.807) is 13.2 Å². The molecule has 0 saturated carbocycles. The number of ether oxygens (including phenoxy) is 1. The van der Waals surface area contributed by atoms with E-state index in [0.29, 0.717) is 6.42 Å². The molecule has 0 unspecified atom stereocenters. The molecular weight excluding hydrogens is 214 g/mol. The zero-order valence-electron chi connectivity index (χ0n) is 10.5. The maximum atomic E-state index is 11.6. The van der Waals surface area contributed by atoms with E-state index in [0.717, 1.165) is 29.8 Å². The van der Waals surface area contributed by atoms with Crippen molar-refractivity contribution in [3.63, 3.8) is 0 Å². The van der Waals surface area contributed by atoms with Crippen LogP contribution < -0.4 is 10.1 Å². The van der Waals surface area contributed by atoms with E-state index < -0.39 is 0 Å². The Hall–Kier alpha value is -1.77. The quantitative estimate of drug-likeness (QED) is 0.819. The fourth-order valence-electron chi connectivity index (χ4n) is 1.57. The molecule has 1 rings (SSSR count). The van der Waals surface area contributed by atoms with Crippen LogP contribution in [0.5, 0.6) is 5.75 Å². The van der Waals surface area contributed by atoms with Crippen LogP contribution in [0.3, 0.4) is 0 Å². The van der Waals surface area contributed by atoms with E-state index in [1.807, 2.05) is 25.1 Å². The molecule has 0 aliphatic carbocycles. The second-order valence-electron chi connectivity index (χ2n) is 3.81. The smallest absolute Gasteiger partial charge is 0.224 e. The average molecular weight is 233 g/mol. The molecule has 0 saturated heterocycles. The van der Waals surface area contributed by atoms with Crippen molar-refractivity contribution in [2.24, 2.45) is 0 Å². The third-order valence-electron chi connectivity index (χ3n) is 2.45. The van der Waals surface area contributed by atoms with Crippen molar-refractivity contribution < 1.29 is 9.53 Å². The third kappa shape index (κ3) is 3.94. The van der Waals surface area contributed by atoms with Gasteiger partial charge in [0.15, 0.2) is 0 Å². The molecule has 0 bridgehead atoms. The van der Waals surface area contributed by atoms with E-state index in [2.05, 4.69) is 11.9 Å². The molecule has 0 heterocycles. The largest absolute Gasteiger partial charge is 0.496 e. The van der Waals surface area contributed by atoms with Crippen molar-refractivity contribution in [1.29, 1.82) is 0 Å². The van der Waals surface area contributed by atoms with Crippen LogP contribution in [0.1, 0.15) is 24.5 Å². The van der Waals surface area contributed by atoms with Gasteiger partial charge < -0.3 is 10.1 Å². The highest BCUT2D eigenvalue weighted by molar-refractivity contribution is 5.78. The highest BCUT2D eigenvalue weighted by atomic mass is 16.5. The van der Waals surface area contributed by atoms with Crippen LogP contribution in [0.15, 0.2) is 24.8 Å². The first kappa shape index (κ1) is 13.3. The van der Waals surface area contributed by atoms with Crippen LogP contribution >= 0.6 is 0 Å². The summed E-state index contributed by atoms with van der Waals surface area (Å²) in [7, 11) is 1.62. The van der Waals surface area contributed by atoms with Gasteiger partial charge in [-0.1, -0.05) is 25.6 Å². The minimum atomic E-state index is 0.0482. The Morgan fingerprint density at radius 2 is 2.29 bits per heavy atom. The van der Waals surface area contributed by atoms with Crippen LogP contribution in [0.2, 0.25) is 0 Å². The Bertz CT molecular complexity index is 399. The number of amides is 1. The van der Waals surface area contributed by atoms with Gasteiger partial charge in [-0.05, 0) is 24.1 Å². The predicted molar refractivity (Wildman–Crippen MR) is 70.1 cm³/mol. The van der Waals surface area contributed by atoms with Gasteiger partial charge in [-0.2, -0.15) is 0 Å². The van der Waals surface area contributed by atoms with E-state index in [4.69, 9.17) is 4.74 Å². The SMILES string of the molecule is C=Cc1cc(CC(=O)NCCC)ccc1OC. The van der Waals surface area contributed by atoms with Crippen LogP contribution in [0, 0.1) is 0 Å². The number of methoxy groups -OCH3 is 1. The summed E-state index contributed by atoms with van der Waals surface area (Å²) in [5.41, 5.74) is 1.88. The lowest BCUT2D eigenvalue weighted by Crippen LogP contribution is -2.25. The zero-order chi connectivity index (χ0) is 12.7. The Morgan fingerprint density at radius 3 is 2.88 bits per heavy atom. The molecule has 3 heteroatoms. The molecule has 0 radical (unpaired) electrons. The average Bonchev–Trinajstić information content (AvgIpc) is 2.36. The molecule has 0 spiro atoms. The monoisotopic (exact) mass is 233 g/mol. The second kappa shape index (κ2) is 6.74. The van der Waals surface area contributed by atoms with E-state index in [1.165, 1.54) is 0 Å². The van der Waals surface area contributed by atoms with Crippen molar-refractivity contribution in [1.82, 2.24) is 5.32 Å². The molecular formula is C14H19NO2. The first-order chi connectivity index (χ1) is 8.21. The molecule has 1 aromatic carbocycles. The van der Waals surface area contributed by atoms with Crippen molar-refractivity contribution in [3.8, 4) is 5.75 Å². The fraction of sp³-hybridized carbons (Fsp3) is 0.357. The van der Waals surface area contributed by atoms with Crippen molar-refractivity contribution in [2.75, 3.05) is 13.7 Å². The molecule has 0 aliphatic heterocycles. The topological polar surface area (TPSA) is 38.3 Å². The number of carbonyl (C=O) groups excluding carboxylic acids is 1. The summed E-state index contributed by atoms with van der Waals surface area (Å²) >= 11 is 0. The molecule has 1 aromatic rings. The molecule has 17 heavy (non-hydrogen) atoms. The Labute approximate surface area is 102 Å². The maximum Gasteiger partial charge on any atom is 0.224 e. The van der Waals surface area contributed by atoms with Gasteiger partial charge in [0, 0.05) is 12.1 Å². The van der Waals surface area contributed by atoms with Gasteiger partial charge in [0.05, 0.1) is 13.5 Å². The van der Waals surface area contributed by atoms with Crippen LogP contribution in [0.25, 0.3) is 6.08 Å². The number of carbonyl (C=O) groups is 1. The molecule has 0 atom stereocenters. The summed E-state index contributed by atoms with van der Waals surface area (Å²) in [4.78, 5) is 11.6.